The maximum atomic E-state index is 11.4. The predicted octanol–water partition coefficient (Wildman–Crippen LogP) is -0.164. The molecular weight excluding hydrogens is 278 g/mol. The van der Waals surface area contributed by atoms with Gasteiger partial charge in [0.05, 0.1) is 11.8 Å². The van der Waals surface area contributed by atoms with Gasteiger partial charge < -0.3 is 11.1 Å². The zero-order chi connectivity index (χ0) is 13.6. The summed E-state index contributed by atoms with van der Waals surface area (Å²) < 4.78 is 25.3. The summed E-state index contributed by atoms with van der Waals surface area (Å²) in [6.07, 6.45) is 0. The Morgan fingerprint density at radius 2 is 1.72 bits per heavy atom. The van der Waals surface area contributed by atoms with E-state index < -0.39 is 16.1 Å². The van der Waals surface area contributed by atoms with E-state index in [1.165, 1.54) is 0 Å². The molecule has 0 fully saturated rings. The Kier molecular flexibility index (Phi) is 9.63. The second kappa shape index (κ2) is 8.68. The quantitative estimate of drug-likeness (QED) is 0.608. The van der Waals surface area contributed by atoms with Crippen LogP contribution in [0.4, 0.5) is 0 Å². The molecule has 0 aromatic heterocycles. The van der Waals surface area contributed by atoms with E-state index in [9.17, 15) is 13.2 Å². The fourth-order valence-electron chi connectivity index (χ4n) is 1.15. The van der Waals surface area contributed by atoms with E-state index in [1.807, 2.05) is 13.8 Å². The molecule has 1 atom stereocenters. The molecule has 4 N–H and O–H groups in total. The standard InChI is InChI=1S/C10H23N3O3S.ClH/c1-7(2)9(11)10(14)12-5-6-17(15,16)13-8(3)4;/h7-9,13H,5-6,11H2,1-4H3,(H,12,14);1H/t9-;/m0./s1. The molecule has 1 amide bonds. The first-order valence-corrected chi connectivity index (χ1v) is 7.34. The Bertz CT molecular complexity index is 344. The fraction of sp³-hybridized carbons (Fsp3) is 0.900. The lowest BCUT2D eigenvalue weighted by molar-refractivity contribution is -0.123. The van der Waals surface area contributed by atoms with Crippen LogP contribution in [-0.4, -0.2) is 38.7 Å². The minimum Gasteiger partial charge on any atom is -0.354 e. The number of hydrogen-bond acceptors (Lipinski definition) is 4. The Hall–Kier alpha value is -0.370. The average molecular weight is 302 g/mol. The lowest BCUT2D eigenvalue weighted by Gasteiger charge is -2.15. The molecule has 110 valence electrons. The van der Waals surface area contributed by atoms with Gasteiger partial charge in [-0.3, -0.25) is 4.79 Å². The van der Waals surface area contributed by atoms with Crippen LogP contribution in [0.3, 0.4) is 0 Å². The molecule has 6 nitrogen and oxygen atoms in total. The van der Waals surface area contributed by atoms with Crippen molar-refractivity contribution in [2.75, 3.05) is 12.3 Å². The summed E-state index contributed by atoms with van der Waals surface area (Å²) in [5, 5.41) is 2.51. The second-order valence-electron chi connectivity index (χ2n) is 4.65. The van der Waals surface area contributed by atoms with E-state index in [4.69, 9.17) is 5.73 Å². The number of hydrogen-bond donors (Lipinski definition) is 3. The molecule has 0 unspecified atom stereocenters. The van der Waals surface area contributed by atoms with E-state index in [-0.39, 0.29) is 42.6 Å². The molecular formula is C10H24ClN3O3S. The first kappa shape index (κ1) is 20.0. The van der Waals surface area contributed by atoms with Crippen LogP contribution in [0.15, 0.2) is 0 Å². The van der Waals surface area contributed by atoms with Crippen molar-refractivity contribution < 1.29 is 13.2 Å². The van der Waals surface area contributed by atoms with E-state index in [0.717, 1.165) is 0 Å². The first-order chi connectivity index (χ1) is 7.65. The van der Waals surface area contributed by atoms with Gasteiger partial charge in [0.25, 0.3) is 0 Å². The van der Waals surface area contributed by atoms with Crippen molar-refractivity contribution in [2.45, 2.75) is 39.8 Å². The Labute approximate surface area is 116 Å². The van der Waals surface area contributed by atoms with Crippen molar-refractivity contribution in [2.24, 2.45) is 11.7 Å². The maximum Gasteiger partial charge on any atom is 0.237 e. The van der Waals surface area contributed by atoms with Gasteiger partial charge in [-0.05, 0) is 19.8 Å². The molecule has 0 spiro atoms. The van der Waals surface area contributed by atoms with Crippen molar-refractivity contribution in [3.8, 4) is 0 Å². The average Bonchev–Trinajstić information content (AvgIpc) is 2.13. The SMILES string of the molecule is CC(C)NS(=O)(=O)CCNC(=O)[C@@H](N)C(C)C.Cl. The third-order valence-electron chi connectivity index (χ3n) is 2.11. The summed E-state index contributed by atoms with van der Waals surface area (Å²) in [5.74, 6) is -0.429. The molecule has 0 radical (unpaired) electrons. The zero-order valence-corrected chi connectivity index (χ0v) is 12.9. The molecule has 0 aromatic rings. The minimum atomic E-state index is -3.33. The number of rotatable bonds is 7. The summed E-state index contributed by atoms with van der Waals surface area (Å²) in [5.41, 5.74) is 5.61. The van der Waals surface area contributed by atoms with Crippen LogP contribution in [0.1, 0.15) is 27.7 Å². The van der Waals surface area contributed by atoms with Crippen LogP contribution >= 0.6 is 12.4 Å². The highest BCUT2D eigenvalue weighted by molar-refractivity contribution is 7.89. The molecule has 0 aliphatic heterocycles. The van der Waals surface area contributed by atoms with Crippen LogP contribution < -0.4 is 15.8 Å². The van der Waals surface area contributed by atoms with Crippen LogP contribution in [0.5, 0.6) is 0 Å². The molecule has 0 aromatic carbocycles. The molecule has 0 heterocycles. The van der Waals surface area contributed by atoms with Crippen molar-refractivity contribution in [1.82, 2.24) is 10.0 Å². The second-order valence-corrected chi connectivity index (χ2v) is 6.53. The Balaban J connectivity index is 0. The van der Waals surface area contributed by atoms with Gasteiger partial charge in [0, 0.05) is 12.6 Å². The highest BCUT2D eigenvalue weighted by Crippen LogP contribution is 1.97. The van der Waals surface area contributed by atoms with Gasteiger partial charge in [-0.25, -0.2) is 13.1 Å². The van der Waals surface area contributed by atoms with Crippen molar-refractivity contribution in [3.05, 3.63) is 0 Å². The summed E-state index contributed by atoms with van der Waals surface area (Å²) in [4.78, 5) is 11.4. The number of carbonyl (C=O) groups is 1. The highest BCUT2D eigenvalue weighted by atomic mass is 35.5. The van der Waals surface area contributed by atoms with Crippen LogP contribution in [-0.2, 0) is 14.8 Å². The molecule has 18 heavy (non-hydrogen) atoms. The van der Waals surface area contributed by atoms with Gasteiger partial charge in [0.2, 0.25) is 15.9 Å². The highest BCUT2D eigenvalue weighted by Gasteiger charge is 2.18. The number of sulfonamides is 1. The first-order valence-electron chi connectivity index (χ1n) is 5.69. The van der Waals surface area contributed by atoms with E-state index in [2.05, 4.69) is 10.0 Å². The van der Waals surface area contributed by atoms with Gasteiger partial charge >= 0.3 is 0 Å². The Morgan fingerprint density at radius 1 is 1.22 bits per heavy atom. The molecule has 0 bridgehead atoms. The predicted molar refractivity (Wildman–Crippen MR) is 75.1 cm³/mol. The number of nitrogens with two attached hydrogens (primary N) is 1. The minimum absolute atomic E-state index is 0. The fourth-order valence-corrected chi connectivity index (χ4v) is 2.35. The Morgan fingerprint density at radius 3 is 2.11 bits per heavy atom. The lowest BCUT2D eigenvalue weighted by Crippen LogP contribution is -2.46. The number of carbonyl (C=O) groups excluding carboxylic acids is 1. The van der Waals surface area contributed by atoms with Gasteiger partial charge in [-0.1, -0.05) is 13.8 Å². The van der Waals surface area contributed by atoms with Crippen molar-refractivity contribution in [3.63, 3.8) is 0 Å². The molecule has 0 aliphatic carbocycles. The number of amides is 1. The summed E-state index contributed by atoms with van der Waals surface area (Å²) in [7, 11) is -3.33. The number of nitrogens with one attached hydrogen (secondary N) is 2. The zero-order valence-electron chi connectivity index (χ0n) is 11.3. The lowest BCUT2D eigenvalue weighted by atomic mass is 10.1. The van der Waals surface area contributed by atoms with Gasteiger partial charge in [-0.2, -0.15) is 0 Å². The van der Waals surface area contributed by atoms with Crippen molar-refractivity contribution in [1.29, 1.82) is 0 Å². The topological polar surface area (TPSA) is 101 Å². The third-order valence-corrected chi connectivity index (χ3v) is 3.68. The summed E-state index contributed by atoms with van der Waals surface area (Å²) in [6, 6.07) is -0.746. The number of halogens is 1. The monoisotopic (exact) mass is 301 g/mol. The van der Waals surface area contributed by atoms with Gasteiger partial charge in [0.1, 0.15) is 0 Å². The van der Waals surface area contributed by atoms with E-state index in [1.54, 1.807) is 13.8 Å². The maximum absolute atomic E-state index is 11.4. The van der Waals surface area contributed by atoms with Crippen molar-refractivity contribution >= 4 is 28.3 Å². The van der Waals surface area contributed by atoms with E-state index in [0.29, 0.717) is 0 Å². The third kappa shape index (κ3) is 8.68. The van der Waals surface area contributed by atoms with Gasteiger partial charge in [0.15, 0.2) is 0 Å². The molecule has 0 aliphatic rings. The normalized spacial score (nSPS) is 13.3. The van der Waals surface area contributed by atoms with Crippen LogP contribution in [0.2, 0.25) is 0 Å². The largest absolute Gasteiger partial charge is 0.354 e. The molecule has 0 rings (SSSR count). The molecule has 0 saturated carbocycles. The molecule has 8 heteroatoms. The molecule has 0 saturated heterocycles. The van der Waals surface area contributed by atoms with Crippen LogP contribution in [0, 0.1) is 5.92 Å². The van der Waals surface area contributed by atoms with Crippen LogP contribution in [0.25, 0.3) is 0 Å². The van der Waals surface area contributed by atoms with Gasteiger partial charge in [-0.15, -0.1) is 12.4 Å². The van der Waals surface area contributed by atoms with E-state index >= 15 is 0 Å². The smallest absolute Gasteiger partial charge is 0.237 e. The summed E-state index contributed by atoms with van der Waals surface area (Å²) >= 11 is 0. The summed E-state index contributed by atoms with van der Waals surface area (Å²) in [6.45, 7) is 7.22.